The van der Waals surface area contributed by atoms with E-state index in [0.717, 1.165) is 12.1 Å². The van der Waals surface area contributed by atoms with Gasteiger partial charge in [-0.25, -0.2) is 18.4 Å². The summed E-state index contributed by atoms with van der Waals surface area (Å²) in [4.78, 5) is 3.74. The maximum atomic E-state index is 14.3. The van der Waals surface area contributed by atoms with E-state index >= 15 is 0 Å². The minimum atomic E-state index is -2.04. The first kappa shape index (κ1) is 19.6. The van der Waals surface area contributed by atoms with Crippen molar-refractivity contribution in [3.05, 3.63) is 48.1 Å². The molecule has 1 aromatic carbocycles. The van der Waals surface area contributed by atoms with Gasteiger partial charge in [-0.3, -0.25) is 4.21 Å². The van der Waals surface area contributed by atoms with E-state index < -0.39 is 51.7 Å². The second-order valence-electron chi connectivity index (χ2n) is 5.60. The van der Waals surface area contributed by atoms with Crippen LogP contribution in [0.25, 0.3) is 0 Å². The first-order valence-corrected chi connectivity index (χ1v) is 8.72. The molecule has 0 saturated carbocycles. The van der Waals surface area contributed by atoms with Gasteiger partial charge in [0.2, 0.25) is 0 Å². The van der Waals surface area contributed by atoms with Crippen molar-refractivity contribution >= 4 is 10.8 Å². The Labute approximate surface area is 145 Å². The summed E-state index contributed by atoms with van der Waals surface area (Å²) < 4.78 is 41.4. The van der Waals surface area contributed by atoms with Gasteiger partial charge in [-0.2, -0.15) is 5.10 Å². The van der Waals surface area contributed by atoms with Gasteiger partial charge in [-0.05, 0) is 13.0 Å². The van der Waals surface area contributed by atoms with Crippen LogP contribution >= 0.6 is 0 Å². The predicted octanol–water partition coefficient (Wildman–Crippen LogP) is -0.0655. The van der Waals surface area contributed by atoms with Crippen molar-refractivity contribution in [2.45, 2.75) is 29.6 Å². The summed E-state index contributed by atoms with van der Waals surface area (Å²) in [5, 5.41) is 31.4. The molecule has 0 bridgehead atoms. The molecule has 3 atom stereocenters. The lowest BCUT2D eigenvalue weighted by atomic mass is 9.90. The zero-order chi connectivity index (χ0) is 18.6. The molecule has 2 aromatic rings. The molecule has 138 valence electrons. The van der Waals surface area contributed by atoms with Crippen molar-refractivity contribution in [1.82, 2.24) is 14.8 Å². The molecule has 1 unspecified atom stereocenters. The van der Waals surface area contributed by atoms with Crippen molar-refractivity contribution in [3.8, 4) is 0 Å². The van der Waals surface area contributed by atoms with Crippen LogP contribution in [0.4, 0.5) is 8.78 Å². The van der Waals surface area contributed by atoms with Crippen molar-refractivity contribution in [3.63, 3.8) is 0 Å². The smallest absolute Gasteiger partial charge is 0.137 e. The number of hydrogen-bond donors (Lipinski definition) is 3. The zero-order valence-corrected chi connectivity index (χ0v) is 14.2. The summed E-state index contributed by atoms with van der Waals surface area (Å²) in [6, 6.07) is 2.67. The van der Waals surface area contributed by atoms with Crippen LogP contribution in [0.2, 0.25) is 0 Å². The second kappa shape index (κ2) is 8.09. The lowest BCUT2D eigenvalue weighted by Crippen LogP contribution is -2.48. The van der Waals surface area contributed by atoms with Gasteiger partial charge in [-0.1, -0.05) is 6.07 Å². The van der Waals surface area contributed by atoms with Crippen LogP contribution in [-0.4, -0.2) is 58.0 Å². The van der Waals surface area contributed by atoms with Gasteiger partial charge >= 0.3 is 0 Å². The van der Waals surface area contributed by atoms with Gasteiger partial charge < -0.3 is 15.3 Å². The third kappa shape index (κ3) is 4.09. The summed E-state index contributed by atoms with van der Waals surface area (Å²) >= 11 is 0. The fourth-order valence-electron chi connectivity index (χ4n) is 2.52. The first-order valence-electron chi connectivity index (χ1n) is 7.45. The van der Waals surface area contributed by atoms with E-state index in [1.807, 2.05) is 0 Å². The van der Waals surface area contributed by atoms with Crippen LogP contribution in [0, 0.1) is 11.6 Å². The van der Waals surface area contributed by atoms with Crippen LogP contribution in [-0.2, 0) is 22.9 Å². The van der Waals surface area contributed by atoms with Crippen LogP contribution in [0.1, 0.15) is 12.5 Å². The van der Waals surface area contributed by atoms with Crippen molar-refractivity contribution in [2.24, 2.45) is 0 Å². The Morgan fingerprint density at radius 2 is 2.00 bits per heavy atom. The van der Waals surface area contributed by atoms with Crippen molar-refractivity contribution in [2.75, 3.05) is 13.2 Å². The van der Waals surface area contributed by atoms with E-state index in [-0.39, 0.29) is 12.1 Å². The fourth-order valence-corrected chi connectivity index (χ4v) is 3.98. The lowest BCUT2D eigenvalue weighted by Gasteiger charge is -2.35. The van der Waals surface area contributed by atoms with E-state index in [2.05, 4.69) is 10.1 Å². The normalized spacial score (nSPS) is 16.6. The monoisotopic (exact) mass is 375 g/mol. The highest BCUT2D eigenvalue weighted by atomic mass is 32.2. The largest absolute Gasteiger partial charge is 0.395 e. The second-order valence-corrected chi connectivity index (χ2v) is 7.63. The molecule has 2 rings (SSSR count). The Kier molecular flexibility index (Phi) is 6.33. The minimum absolute atomic E-state index is 0.264. The van der Waals surface area contributed by atoms with Gasteiger partial charge in [0.1, 0.15) is 29.9 Å². The summed E-state index contributed by atoms with van der Waals surface area (Å²) in [7, 11) is -1.92. The summed E-state index contributed by atoms with van der Waals surface area (Å²) in [6.07, 6.45) is 2.50. The Morgan fingerprint density at radius 3 is 2.52 bits per heavy atom. The molecule has 0 aliphatic rings. The number of aromatic nitrogens is 3. The van der Waals surface area contributed by atoms with Gasteiger partial charge in [0.15, 0.2) is 0 Å². The average molecular weight is 375 g/mol. The molecule has 1 aromatic heterocycles. The number of hydrogen-bond acceptors (Lipinski definition) is 6. The fraction of sp³-hybridized carbons (Fsp3) is 0.467. The number of benzene rings is 1. The zero-order valence-electron chi connectivity index (χ0n) is 13.4. The third-order valence-corrected chi connectivity index (χ3v) is 6.07. The molecule has 0 spiro atoms. The first-order chi connectivity index (χ1) is 11.8. The van der Waals surface area contributed by atoms with E-state index in [0.29, 0.717) is 6.07 Å². The molecule has 0 saturated heterocycles. The molecular formula is C15H19F2N3O4S. The number of rotatable bonds is 8. The molecule has 25 heavy (non-hydrogen) atoms. The van der Waals surface area contributed by atoms with Gasteiger partial charge in [0.05, 0.1) is 30.3 Å². The highest BCUT2D eigenvalue weighted by Gasteiger charge is 2.43. The SMILES string of the molecule is C[C@@H](S(=O)C(CO)CO)[C@](O)(Cn1cncn1)c1ccc(F)cc1F. The standard InChI is InChI=1S/C15H19F2N3O4S/c1-10(25(24)12(5-21)6-22)15(23,7-20-9-18-8-19-20)13-3-2-11(16)4-14(13)17/h2-4,8-10,12,21-23H,5-7H2,1H3/t10-,15-,25?/m1/s1. The van der Waals surface area contributed by atoms with Crippen LogP contribution in [0.15, 0.2) is 30.9 Å². The molecule has 1 heterocycles. The topological polar surface area (TPSA) is 108 Å². The van der Waals surface area contributed by atoms with Crippen LogP contribution < -0.4 is 0 Å². The summed E-state index contributed by atoms with van der Waals surface area (Å²) in [6.45, 7) is -0.0439. The van der Waals surface area contributed by atoms with E-state index in [4.69, 9.17) is 0 Å². The quantitative estimate of drug-likeness (QED) is 0.596. The Morgan fingerprint density at radius 1 is 1.32 bits per heavy atom. The molecule has 0 amide bonds. The number of halogens is 2. The molecular weight excluding hydrogens is 356 g/mol. The average Bonchev–Trinajstić information content (AvgIpc) is 3.07. The minimum Gasteiger partial charge on any atom is -0.395 e. The van der Waals surface area contributed by atoms with Gasteiger partial charge in [0, 0.05) is 22.4 Å². The highest BCUT2D eigenvalue weighted by molar-refractivity contribution is 7.86. The third-order valence-electron chi connectivity index (χ3n) is 4.02. The Hall–Kier alpha value is -1.75. The molecule has 3 N–H and O–H groups in total. The number of aliphatic hydroxyl groups excluding tert-OH is 2. The molecule has 0 aliphatic heterocycles. The molecule has 0 fully saturated rings. The summed E-state index contributed by atoms with van der Waals surface area (Å²) in [5.74, 6) is -1.82. The van der Waals surface area contributed by atoms with Crippen LogP contribution in [0.5, 0.6) is 0 Å². The lowest BCUT2D eigenvalue weighted by molar-refractivity contribution is 0.0117. The number of nitrogens with zero attached hydrogens (tertiary/aromatic N) is 3. The Bertz CT molecular complexity index is 728. The maximum Gasteiger partial charge on any atom is 0.137 e. The molecule has 7 nitrogen and oxygen atoms in total. The van der Waals surface area contributed by atoms with Crippen molar-refractivity contribution < 1.29 is 28.3 Å². The van der Waals surface area contributed by atoms with E-state index in [1.54, 1.807) is 0 Å². The van der Waals surface area contributed by atoms with E-state index in [9.17, 15) is 28.3 Å². The van der Waals surface area contributed by atoms with Crippen LogP contribution in [0.3, 0.4) is 0 Å². The van der Waals surface area contributed by atoms with E-state index in [1.165, 1.54) is 24.3 Å². The van der Waals surface area contributed by atoms with Gasteiger partial charge in [-0.15, -0.1) is 0 Å². The maximum absolute atomic E-state index is 14.3. The highest BCUT2D eigenvalue weighted by Crippen LogP contribution is 2.33. The van der Waals surface area contributed by atoms with Crippen molar-refractivity contribution in [1.29, 1.82) is 0 Å². The number of aliphatic hydroxyl groups is 3. The molecule has 0 radical (unpaired) electrons. The predicted molar refractivity (Wildman–Crippen MR) is 85.8 cm³/mol. The molecule has 10 heteroatoms. The van der Waals surface area contributed by atoms with Gasteiger partial charge in [0.25, 0.3) is 0 Å². The Balaban J connectivity index is 2.49. The molecule has 0 aliphatic carbocycles. The summed E-state index contributed by atoms with van der Waals surface area (Å²) in [5.41, 5.74) is -2.31.